The molecule has 0 aliphatic carbocycles. The van der Waals surface area contributed by atoms with Crippen LogP contribution in [0.15, 0.2) is 72.1 Å². The van der Waals surface area contributed by atoms with Crippen molar-refractivity contribution < 1.29 is 4.74 Å². The number of anilines is 2. The molecule has 0 bridgehead atoms. The molecule has 28 heavy (non-hydrogen) atoms. The molecule has 1 saturated heterocycles. The van der Waals surface area contributed by atoms with Crippen LogP contribution >= 0.6 is 0 Å². The summed E-state index contributed by atoms with van der Waals surface area (Å²) in [6, 6.07) is 13.8. The number of nitrogens with zero attached hydrogens (tertiary/aromatic N) is 4. The number of benzene rings is 1. The Balaban J connectivity index is 1.74. The second-order valence-electron chi connectivity index (χ2n) is 6.44. The lowest BCUT2D eigenvalue weighted by molar-refractivity contribution is 0.449. The minimum atomic E-state index is 0.0449. The molecule has 1 fully saturated rings. The van der Waals surface area contributed by atoms with E-state index >= 15 is 0 Å². The maximum atomic E-state index is 9.25. The Hall–Kier alpha value is -3.59. The summed E-state index contributed by atoms with van der Waals surface area (Å²) in [5.41, 5.74) is 1.78. The van der Waals surface area contributed by atoms with Crippen molar-refractivity contribution in [2.24, 2.45) is 10.9 Å². The zero-order chi connectivity index (χ0) is 19.8. The Bertz CT molecular complexity index is 898. The number of rotatable bonds is 7. The predicted octanol–water partition coefficient (Wildman–Crippen LogP) is 4.75. The molecule has 1 aromatic carbocycles. The Kier molecular flexibility index (Phi) is 6.42. The molecule has 1 unspecified atom stereocenters. The van der Waals surface area contributed by atoms with Crippen LogP contribution in [0.5, 0.6) is 11.6 Å². The first-order valence-corrected chi connectivity index (χ1v) is 9.17. The fraction of sp³-hybridized carbons (Fsp3) is 0.227. The Morgan fingerprint density at radius 1 is 1.36 bits per heavy atom. The van der Waals surface area contributed by atoms with Crippen LogP contribution in [-0.4, -0.2) is 24.8 Å². The van der Waals surface area contributed by atoms with E-state index in [0.717, 1.165) is 30.8 Å². The summed E-state index contributed by atoms with van der Waals surface area (Å²) in [5.74, 6) is 1.89. The second kappa shape index (κ2) is 9.38. The number of ether oxygens (including phenoxy) is 1. The molecular weight excluding hydrogens is 350 g/mol. The Morgan fingerprint density at radius 3 is 2.89 bits per heavy atom. The first-order valence-electron chi connectivity index (χ1n) is 9.17. The number of nitrogens with one attached hydrogen (secondary N) is 1. The molecule has 2 aromatic rings. The Labute approximate surface area is 165 Å². The topological polar surface area (TPSA) is 73.5 Å². The normalized spacial score (nSPS) is 16.8. The van der Waals surface area contributed by atoms with Crippen LogP contribution in [0.2, 0.25) is 0 Å². The molecule has 2 heterocycles. The maximum absolute atomic E-state index is 9.25. The van der Waals surface area contributed by atoms with Gasteiger partial charge in [-0.1, -0.05) is 12.7 Å². The van der Waals surface area contributed by atoms with Gasteiger partial charge in [-0.2, -0.15) is 5.26 Å². The van der Waals surface area contributed by atoms with Gasteiger partial charge in [-0.15, -0.1) is 0 Å². The van der Waals surface area contributed by atoms with E-state index in [1.54, 1.807) is 18.3 Å². The smallest absolute Gasteiger partial charge is 0.243 e. The number of hydrogen-bond acceptors (Lipinski definition) is 6. The quantitative estimate of drug-likeness (QED) is 0.560. The summed E-state index contributed by atoms with van der Waals surface area (Å²) in [5, 5.41) is 12.4. The molecule has 142 valence electrons. The van der Waals surface area contributed by atoms with Gasteiger partial charge < -0.3 is 15.0 Å². The van der Waals surface area contributed by atoms with Gasteiger partial charge >= 0.3 is 0 Å². The molecule has 6 heteroatoms. The first-order chi connectivity index (χ1) is 13.7. The summed E-state index contributed by atoms with van der Waals surface area (Å²) >= 11 is 0. The van der Waals surface area contributed by atoms with E-state index in [1.165, 1.54) is 0 Å². The number of piperidine rings is 1. The largest absolute Gasteiger partial charge is 0.437 e. The van der Waals surface area contributed by atoms with E-state index in [4.69, 9.17) is 4.74 Å². The van der Waals surface area contributed by atoms with Crippen LogP contribution in [-0.2, 0) is 0 Å². The number of aromatic nitrogens is 1. The van der Waals surface area contributed by atoms with Gasteiger partial charge in [0.1, 0.15) is 17.3 Å². The van der Waals surface area contributed by atoms with Crippen molar-refractivity contribution in [3.8, 4) is 17.7 Å². The highest BCUT2D eigenvalue weighted by atomic mass is 16.5. The van der Waals surface area contributed by atoms with Gasteiger partial charge in [0.25, 0.3) is 0 Å². The molecule has 0 saturated carbocycles. The minimum Gasteiger partial charge on any atom is -0.437 e. The van der Waals surface area contributed by atoms with E-state index in [9.17, 15) is 5.26 Å². The number of pyridine rings is 1. The van der Waals surface area contributed by atoms with E-state index in [-0.39, 0.29) is 5.92 Å². The molecular formula is C22H23N5O. The monoisotopic (exact) mass is 373 g/mol. The van der Waals surface area contributed by atoms with Crippen LogP contribution in [0, 0.1) is 17.2 Å². The third-order valence-electron chi connectivity index (χ3n) is 4.48. The van der Waals surface area contributed by atoms with Crippen molar-refractivity contribution in [2.45, 2.75) is 12.8 Å². The van der Waals surface area contributed by atoms with E-state index in [1.807, 2.05) is 36.4 Å². The summed E-state index contributed by atoms with van der Waals surface area (Å²) in [7, 11) is 0. The molecule has 0 spiro atoms. The van der Waals surface area contributed by atoms with Crippen molar-refractivity contribution >= 4 is 18.1 Å². The Morgan fingerprint density at radius 2 is 2.18 bits per heavy atom. The highest BCUT2D eigenvalue weighted by Gasteiger charge is 2.22. The SMILES string of the molecule is C=C/C=C(\N=C)Nc1ccc(Oc2ncccc2N2CCCC(C#N)C2)cc1. The number of allylic oxidation sites excluding steroid dienone is 2. The lowest BCUT2D eigenvalue weighted by Gasteiger charge is -2.32. The highest BCUT2D eigenvalue weighted by Crippen LogP contribution is 2.33. The molecule has 1 aromatic heterocycles. The van der Waals surface area contributed by atoms with E-state index < -0.39 is 0 Å². The molecule has 3 rings (SSSR count). The lowest BCUT2D eigenvalue weighted by Crippen LogP contribution is -2.35. The first kappa shape index (κ1) is 19.2. The van der Waals surface area contributed by atoms with Crippen molar-refractivity contribution in [2.75, 3.05) is 23.3 Å². The molecule has 6 nitrogen and oxygen atoms in total. The van der Waals surface area contributed by atoms with Crippen molar-refractivity contribution in [3.05, 3.63) is 67.1 Å². The van der Waals surface area contributed by atoms with Gasteiger partial charge in [-0.25, -0.2) is 9.98 Å². The van der Waals surface area contributed by atoms with Crippen LogP contribution in [0.3, 0.4) is 0 Å². The number of hydrogen-bond donors (Lipinski definition) is 1. The summed E-state index contributed by atoms with van der Waals surface area (Å²) in [6.45, 7) is 8.79. The lowest BCUT2D eigenvalue weighted by atomic mass is 9.99. The average molecular weight is 373 g/mol. The molecule has 1 atom stereocenters. The third-order valence-corrected chi connectivity index (χ3v) is 4.48. The van der Waals surface area contributed by atoms with Gasteiger partial charge in [-0.05, 0) is 62.0 Å². The van der Waals surface area contributed by atoms with E-state index in [2.05, 4.69) is 39.6 Å². The third kappa shape index (κ3) is 4.77. The van der Waals surface area contributed by atoms with Gasteiger partial charge in [0.2, 0.25) is 5.88 Å². The number of nitriles is 1. The zero-order valence-electron chi connectivity index (χ0n) is 15.7. The fourth-order valence-electron chi connectivity index (χ4n) is 3.11. The van der Waals surface area contributed by atoms with Gasteiger partial charge in [0.15, 0.2) is 0 Å². The standard InChI is InChI=1S/C22H23N5O/c1-3-6-21(24-2)26-18-9-11-19(12-10-18)28-22-20(8-4-13-25-22)27-14-5-7-17(15-23)16-27/h3-4,6,8-13,17,26H,1-2,5,7,14,16H2/b21-6+. The minimum absolute atomic E-state index is 0.0449. The van der Waals surface area contributed by atoms with Gasteiger partial charge in [-0.3, -0.25) is 0 Å². The zero-order valence-corrected chi connectivity index (χ0v) is 15.7. The van der Waals surface area contributed by atoms with Gasteiger partial charge in [0, 0.05) is 25.0 Å². The van der Waals surface area contributed by atoms with Gasteiger partial charge in [0.05, 0.1) is 12.0 Å². The van der Waals surface area contributed by atoms with Crippen LogP contribution in [0.25, 0.3) is 0 Å². The highest BCUT2D eigenvalue weighted by molar-refractivity contribution is 5.57. The molecule has 0 radical (unpaired) electrons. The predicted molar refractivity (Wildman–Crippen MR) is 113 cm³/mol. The summed E-state index contributed by atoms with van der Waals surface area (Å²) < 4.78 is 6.04. The molecule has 1 N–H and O–H groups in total. The van der Waals surface area contributed by atoms with E-state index in [0.29, 0.717) is 24.0 Å². The maximum Gasteiger partial charge on any atom is 0.243 e. The average Bonchev–Trinajstić information content (AvgIpc) is 2.75. The van der Waals surface area contributed by atoms with Crippen molar-refractivity contribution in [1.29, 1.82) is 5.26 Å². The van der Waals surface area contributed by atoms with Crippen molar-refractivity contribution in [3.63, 3.8) is 0 Å². The molecule has 1 aliphatic heterocycles. The molecule has 0 amide bonds. The number of aliphatic imine (C=N–C) groups is 1. The molecule has 1 aliphatic rings. The van der Waals surface area contributed by atoms with Crippen LogP contribution < -0.4 is 15.0 Å². The fourth-order valence-corrected chi connectivity index (χ4v) is 3.11. The summed E-state index contributed by atoms with van der Waals surface area (Å²) in [4.78, 5) is 10.5. The van der Waals surface area contributed by atoms with Crippen LogP contribution in [0.4, 0.5) is 11.4 Å². The summed E-state index contributed by atoms with van der Waals surface area (Å²) in [6.07, 6.45) is 7.03. The van der Waals surface area contributed by atoms with Crippen molar-refractivity contribution in [1.82, 2.24) is 4.98 Å². The van der Waals surface area contributed by atoms with Crippen LogP contribution in [0.1, 0.15) is 12.8 Å². The second-order valence-corrected chi connectivity index (χ2v) is 6.44.